The van der Waals surface area contributed by atoms with E-state index in [4.69, 9.17) is 5.26 Å². The van der Waals surface area contributed by atoms with Crippen LogP contribution in [0.1, 0.15) is 23.7 Å². The molecule has 172 valence electrons. The van der Waals surface area contributed by atoms with Gasteiger partial charge in [-0.05, 0) is 35.9 Å². The number of amides is 2. The van der Waals surface area contributed by atoms with E-state index in [1.807, 2.05) is 64.9 Å². The summed E-state index contributed by atoms with van der Waals surface area (Å²) in [4.78, 5) is 35.1. The minimum absolute atomic E-state index is 0.0425. The van der Waals surface area contributed by atoms with Crippen molar-refractivity contribution >= 4 is 40.0 Å². The third kappa shape index (κ3) is 5.76. The second kappa shape index (κ2) is 10.9. The quantitative estimate of drug-likeness (QED) is 0.507. The van der Waals surface area contributed by atoms with Gasteiger partial charge in [0.25, 0.3) is 0 Å². The number of para-hydroxylation sites is 1. The van der Waals surface area contributed by atoms with E-state index < -0.39 is 0 Å². The normalized spacial score (nSPS) is 14.2. The lowest BCUT2D eigenvalue weighted by Gasteiger charge is -2.34. The van der Waals surface area contributed by atoms with Gasteiger partial charge in [-0.25, -0.2) is 4.98 Å². The molecule has 4 rings (SSSR count). The molecule has 1 fully saturated rings. The van der Waals surface area contributed by atoms with E-state index >= 15 is 0 Å². The first-order chi connectivity index (χ1) is 16.5. The highest BCUT2D eigenvalue weighted by molar-refractivity contribution is 7.14. The number of nitriles is 1. The average Bonchev–Trinajstić information content (AvgIpc) is 3.32. The number of hydrogen-bond acceptors (Lipinski definition) is 6. The number of carbonyl (C=O) groups is 2. The number of benzene rings is 2. The van der Waals surface area contributed by atoms with Crippen molar-refractivity contribution in [3.8, 4) is 6.07 Å². The SMILES string of the molecule is CC(=O)N(c1ccccc1)c1nc(C=CC(=O)N2CCN(Cc3ccc(C#N)cc3)CC2)cs1. The number of hydrogen-bond donors (Lipinski definition) is 0. The molecule has 1 aliphatic rings. The predicted octanol–water partition coefficient (Wildman–Crippen LogP) is 4.06. The lowest BCUT2D eigenvalue weighted by Crippen LogP contribution is -2.47. The van der Waals surface area contributed by atoms with Crippen LogP contribution in [0.15, 0.2) is 66.1 Å². The van der Waals surface area contributed by atoms with Gasteiger partial charge in [0.1, 0.15) is 0 Å². The molecule has 1 aromatic heterocycles. The Kier molecular flexibility index (Phi) is 7.48. The van der Waals surface area contributed by atoms with Crippen LogP contribution in [0.4, 0.5) is 10.8 Å². The van der Waals surface area contributed by atoms with Crippen molar-refractivity contribution in [1.29, 1.82) is 5.26 Å². The van der Waals surface area contributed by atoms with E-state index in [1.165, 1.54) is 18.3 Å². The molecule has 7 nitrogen and oxygen atoms in total. The maximum absolute atomic E-state index is 12.7. The van der Waals surface area contributed by atoms with Crippen LogP contribution in [0.3, 0.4) is 0 Å². The standard InChI is InChI=1S/C26H25N5O2S/c1-20(32)31(24-5-3-2-4-6-24)26-28-23(19-34-26)11-12-25(33)30-15-13-29(14-16-30)18-22-9-7-21(17-27)8-10-22/h2-12,19H,13-16,18H2,1H3. The minimum atomic E-state index is -0.119. The van der Waals surface area contributed by atoms with Gasteiger partial charge in [-0.15, -0.1) is 11.3 Å². The first kappa shape index (κ1) is 23.4. The monoisotopic (exact) mass is 471 g/mol. The molecule has 0 N–H and O–H groups in total. The number of aromatic nitrogens is 1. The molecule has 2 heterocycles. The summed E-state index contributed by atoms with van der Waals surface area (Å²) < 4.78 is 0. The molecule has 1 aliphatic heterocycles. The van der Waals surface area contributed by atoms with Crippen LogP contribution in [0.5, 0.6) is 0 Å². The van der Waals surface area contributed by atoms with Gasteiger partial charge in [-0.3, -0.25) is 19.4 Å². The Bertz CT molecular complexity index is 1210. The van der Waals surface area contributed by atoms with Gasteiger partial charge in [-0.2, -0.15) is 5.26 Å². The molecule has 1 saturated heterocycles. The number of carbonyl (C=O) groups excluding carboxylic acids is 2. The van der Waals surface area contributed by atoms with Crippen LogP contribution in [0, 0.1) is 11.3 Å². The first-order valence-electron chi connectivity index (χ1n) is 11.0. The molecule has 2 amide bonds. The molecule has 0 atom stereocenters. The van der Waals surface area contributed by atoms with E-state index in [0.717, 1.165) is 30.9 Å². The highest BCUT2D eigenvalue weighted by atomic mass is 32.1. The topological polar surface area (TPSA) is 80.5 Å². The van der Waals surface area contributed by atoms with Gasteiger partial charge in [0.2, 0.25) is 11.8 Å². The molecule has 8 heteroatoms. The molecule has 3 aromatic rings. The summed E-state index contributed by atoms with van der Waals surface area (Å²) in [6.45, 7) is 5.23. The fraction of sp³-hybridized carbons (Fsp3) is 0.231. The number of rotatable bonds is 6. The van der Waals surface area contributed by atoms with Crippen LogP contribution in [0.25, 0.3) is 6.08 Å². The Hall–Kier alpha value is -3.80. The van der Waals surface area contributed by atoms with Crippen molar-refractivity contribution in [2.45, 2.75) is 13.5 Å². The summed E-state index contributed by atoms with van der Waals surface area (Å²) in [6, 6.07) is 19.1. The fourth-order valence-corrected chi connectivity index (χ4v) is 4.65. The maximum atomic E-state index is 12.7. The van der Waals surface area contributed by atoms with Crippen LogP contribution in [-0.4, -0.2) is 52.8 Å². The van der Waals surface area contributed by atoms with Gasteiger partial charge < -0.3 is 4.90 Å². The van der Waals surface area contributed by atoms with Crippen LogP contribution < -0.4 is 4.90 Å². The molecule has 0 saturated carbocycles. The molecule has 0 aliphatic carbocycles. The Morgan fingerprint density at radius 2 is 1.79 bits per heavy atom. The molecular weight excluding hydrogens is 446 g/mol. The molecule has 0 spiro atoms. The molecule has 34 heavy (non-hydrogen) atoms. The van der Waals surface area contributed by atoms with Gasteiger partial charge in [0.05, 0.1) is 23.0 Å². The predicted molar refractivity (Wildman–Crippen MR) is 133 cm³/mol. The van der Waals surface area contributed by atoms with Crippen molar-refractivity contribution in [2.75, 3.05) is 31.1 Å². The number of thiazole rings is 1. The van der Waals surface area contributed by atoms with Crippen LogP contribution >= 0.6 is 11.3 Å². The molecule has 2 aromatic carbocycles. The lowest BCUT2D eigenvalue weighted by atomic mass is 10.1. The lowest BCUT2D eigenvalue weighted by molar-refractivity contribution is -0.127. The smallest absolute Gasteiger partial charge is 0.246 e. The van der Waals surface area contributed by atoms with Crippen molar-refractivity contribution in [3.63, 3.8) is 0 Å². The third-order valence-corrected chi connectivity index (χ3v) is 6.44. The molecular formula is C26H25N5O2S. The van der Waals surface area contributed by atoms with Gasteiger partial charge in [-0.1, -0.05) is 30.3 Å². The average molecular weight is 472 g/mol. The Labute approximate surface area is 203 Å². The van der Waals surface area contributed by atoms with E-state index in [-0.39, 0.29) is 11.8 Å². The summed E-state index contributed by atoms with van der Waals surface area (Å²) in [5.41, 5.74) is 3.23. The van der Waals surface area contributed by atoms with Crippen molar-refractivity contribution in [2.24, 2.45) is 0 Å². The number of nitrogens with zero attached hydrogens (tertiary/aromatic N) is 5. The van der Waals surface area contributed by atoms with Gasteiger partial charge >= 0.3 is 0 Å². The molecule has 0 unspecified atom stereocenters. The van der Waals surface area contributed by atoms with Crippen molar-refractivity contribution in [3.05, 3.63) is 82.9 Å². The summed E-state index contributed by atoms with van der Waals surface area (Å²) in [5.74, 6) is -0.162. The van der Waals surface area contributed by atoms with Crippen molar-refractivity contribution < 1.29 is 9.59 Å². The highest BCUT2D eigenvalue weighted by Crippen LogP contribution is 2.29. The summed E-state index contributed by atoms with van der Waals surface area (Å²) in [6.07, 6.45) is 3.25. The zero-order valence-electron chi connectivity index (χ0n) is 18.9. The van der Waals surface area contributed by atoms with Crippen LogP contribution in [0.2, 0.25) is 0 Å². The first-order valence-corrected chi connectivity index (χ1v) is 11.9. The third-order valence-electron chi connectivity index (χ3n) is 5.60. The van der Waals surface area contributed by atoms with Crippen LogP contribution in [-0.2, 0) is 16.1 Å². The van der Waals surface area contributed by atoms with E-state index in [2.05, 4.69) is 16.0 Å². The number of piperazine rings is 1. The Morgan fingerprint density at radius 3 is 2.44 bits per heavy atom. The fourth-order valence-electron chi connectivity index (χ4n) is 3.79. The molecule has 0 bridgehead atoms. The number of anilines is 2. The van der Waals surface area contributed by atoms with E-state index in [0.29, 0.717) is 29.5 Å². The summed E-state index contributed by atoms with van der Waals surface area (Å²) >= 11 is 1.36. The zero-order chi connectivity index (χ0) is 23.9. The Morgan fingerprint density at radius 1 is 1.09 bits per heavy atom. The second-order valence-electron chi connectivity index (χ2n) is 7.99. The van der Waals surface area contributed by atoms with Gasteiger partial charge in [0.15, 0.2) is 5.13 Å². The summed E-state index contributed by atoms with van der Waals surface area (Å²) in [5, 5.41) is 11.3. The zero-order valence-corrected chi connectivity index (χ0v) is 19.7. The maximum Gasteiger partial charge on any atom is 0.246 e. The largest absolute Gasteiger partial charge is 0.337 e. The van der Waals surface area contributed by atoms with Crippen molar-refractivity contribution in [1.82, 2.24) is 14.8 Å². The van der Waals surface area contributed by atoms with E-state index in [1.54, 1.807) is 17.1 Å². The summed E-state index contributed by atoms with van der Waals surface area (Å²) in [7, 11) is 0. The highest BCUT2D eigenvalue weighted by Gasteiger charge is 2.20. The molecule has 0 radical (unpaired) electrons. The minimum Gasteiger partial charge on any atom is -0.337 e. The van der Waals surface area contributed by atoms with Gasteiger partial charge in [0, 0.05) is 51.1 Å². The Balaban J connectivity index is 1.32. The second-order valence-corrected chi connectivity index (χ2v) is 8.82. The van der Waals surface area contributed by atoms with E-state index in [9.17, 15) is 9.59 Å².